The number of rotatable bonds is 2. The van der Waals surface area contributed by atoms with Crippen molar-refractivity contribution < 1.29 is 0 Å². The van der Waals surface area contributed by atoms with Crippen molar-refractivity contribution in [2.24, 2.45) is 29.4 Å². The Morgan fingerprint density at radius 2 is 1.76 bits per heavy atom. The van der Waals surface area contributed by atoms with Crippen LogP contribution in [0, 0.1) is 23.7 Å². The van der Waals surface area contributed by atoms with Crippen molar-refractivity contribution in [2.75, 3.05) is 19.6 Å². The van der Waals surface area contributed by atoms with Gasteiger partial charge in [0.25, 0.3) is 0 Å². The zero-order valence-electron chi connectivity index (χ0n) is 11.3. The minimum atomic E-state index is 0.478. The van der Waals surface area contributed by atoms with Crippen LogP contribution >= 0.6 is 0 Å². The van der Waals surface area contributed by atoms with Gasteiger partial charge >= 0.3 is 0 Å². The second kappa shape index (κ2) is 4.89. The molecule has 0 bridgehead atoms. The maximum atomic E-state index is 6.31. The van der Waals surface area contributed by atoms with Crippen LogP contribution in [0.15, 0.2) is 0 Å². The fraction of sp³-hybridized carbons (Fsp3) is 1.00. The van der Waals surface area contributed by atoms with Crippen LogP contribution in [0.4, 0.5) is 0 Å². The van der Waals surface area contributed by atoms with Gasteiger partial charge in [-0.25, -0.2) is 0 Å². The Morgan fingerprint density at radius 3 is 2.47 bits per heavy atom. The Morgan fingerprint density at radius 1 is 1.06 bits per heavy atom. The lowest BCUT2D eigenvalue weighted by Crippen LogP contribution is -2.42. The zero-order chi connectivity index (χ0) is 11.8. The third-order valence-corrected chi connectivity index (χ3v) is 5.60. The van der Waals surface area contributed by atoms with Crippen LogP contribution in [0.5, 0.6) is 0 Å². The number of hydrogen-bond donors (Lipinski definition) is 1. The summed E-state index contributed by atoms with van der Waals surface area (Å²) in [6, 6.07) is 0.478. The molecule has 3 rings (SSSR count). The van der Waals surface area contributed by atoms with Gasteiger partial charge in [-0.3, -0.25) is 0 Å². The molecular weight excluding hydrogens is 208 g/mol. The van der Waals surface area contributed by atoms with E-state index >= 15 is 0 Å². The molecule has 0 aromatic carbocycles. The molecule has 0 aromatic heterocycles. The minimum absolute atomic E-state index is 0.478. The highest BCUT2D eigenvalue weighted by Crippen LogP contribution is 2.39. The Balaban J connectivity index is 1.53. The predicted molar refractivity (Wildman–Crippen MR) is 71.8 cm³/mol. The van der Waals surface area contributed by atoms with Crippen LogP contribution < -0.4 is 5.73 Å². The molecule has 2 N–H and O–H groups in total. The molecular formula is C15H28N2. The summed E-state index contributed by atoms with van der Waals surface area (Å²) < 4.78 is 0. The summed E-state index contributed by atoms with van der Waals surface area (Å²) in [6.07, 6.45) is 8.45. The van der Waals surface area contributed by atoms with Gasteiger partial charge in [0.15, 0.2) is 0 Å². The summed E-state index contributed by atoms with van der Waals surface area (Å²) in [7, 11) is 0. The number of nitrogens with two attached hydrogens (primary N) is 1. The molecule has 5 unspecified atom stereocenters. The van der Waals surface area contributed by atoms with Crippen molar-refractivity contribution in [3.63, 3.8) is 0 Å². The predicted octanol–water partition coefficient (Wildman–Crippen LogP) is 2.48. The van der Waals surface area contributed by atoms with Crippen LogP contribution in [-0.4, -0.2) is 30.6 Å². The van der Waals surface area contributed by atoms with Gasteiger partial charge in [-0.2, -0.15) is 0 Å². The topological polar surface area (TPSA) is 29.3 Å². The van der Waals surface area contributed by atoms with E-state index in [-0.39, 0.29) is 0 Å². The summed E-state index contributed by atoms with van der Waals surface area (Å²) >= 11 is 0. The normalized spacial score (nSPS) is 47.3. The molecule has 2 aliphatic carbocycles. The van der Waals surface area contributed by atoms with Gasteiger partial charge in [0, 0.05) is 25.7 Å². The maximum absolute atomic E-state index is 6.31. The van der Waals surface area contributed by atoms with E-state index in [1.165, 1.54) is 58.2 Å². The second-order valence-corrected chi connectivity index (χ2v) is 7.01. The smallest absolute Gasteiger partial charge is 0.00795 e. The largest absolute Gasteiger partial charge is 0.327 e. The van der Waals surface area contributed by atoms with Crippen molar-refractivity contribution in [3.8, 4) is 0 Å². The number of fused-ring (bicyclic) bond motifs is 1. The van der Waals surface area contributed by atoms with E-state index in [0.717, 1.165) is 23.7 Å². The fourth-order valence-corrected chi connectivity index (χ4v) is 4.54. The third kappa shape index (κ3) is 2.53. The molecule has 0 aromatic rings. The highest BCUT2D eigenvalue weighted by Gasteiger charge is 2.37. The highest BCUT2D eigenvalue weighted by atomic mass is 15.2. The number of hydrogen-bond acceptors (Lipinski definition) is 2. The Bertz CT molecular complexity index is 254. The van der Waals surface area contributed by atoms with Gasteiger partial charge in [-0.1, -0.05) is 13.3 Å². The summed E-state index contributed by atoms with van der Waals surface area (Å²) in [5.74, 6) is 3.75. The first-order valence-corrected chi connectivity index (χ1v) is 7.70. The molecule has 3 aliphatic rings. The lowest BCUT2D eigenvalue weighted by molar-refractivity contribution is 0.174. The average molecular weight is 236 g/mol. The van der Waals surface area contributed by atoms with E-state index in [0.29, 0.717) is 6.04 Å². The standard InChI is InChI=1S/C15H28N2/c1-11-5-6-15(16)14(7-11)10-17-8-12-3-2-4-13(12)9-17/h11-15H,2-10,16H2,1H3. The molecule has 2 heteroatoms. The molecule has 1 saturated heterocycles. The number of likely N-dealkylation sites (tertiary alicyclic amines) is 1. The molecule has 2 saturated carbocycles. The molecule has 3 fully saturated rings. The maximum Gasteiger partial charge on any atom is 0.00795 e. The Labute approximate surface area is 106 Å². The van der Waals surface area contributed by atoms with E-state index in [4.69, 9.17) is 5.73 Å². The SMILES string of the molecule is CC1CCC(N)C(CN2CC3CCCC3C2)C1. The minimum Gasteiger partial charge on any atom is -0.327 e. The molecule has 0 amide bonds. The summed E-state index contributed by atoms with van der Waals surface area (Å²) in [5, 5.41) is 0. The van der Waals surface area contributed by atoms with Crippen LogP contribution in [0.1, 0.15) is 45.4 Å². The molecule has 5 atom stereocenters. The fourth-order valence-electron chi connectivity index (χ4n) is 4.54. The first-order chi connectivity index (χ1) is 8.22. The summed E-state index contributed by atoms with van der Waals surface area (Å²) in [6.45, 7) is 6.45. The first-order valence-electron chi connectivity index (χ1n) is 7.70. The van der Waals surface area contributed by atoms with Gasteiger partial charge in [-0.05, 0) is 55.8 Å². The summed E-state index contributed by atoms with van der Waals surface area (Å²) in [4.78, 5) is 2.73. The first kappa shape index (κ1) is 12.0. The van der Waals surface area contributed by atoms with E-state index in [2.05, 4.69) is 11.8 Å². The van der Waals surface area contributed by atoms with E-state index in [9.17, 15) is 0 Å². The molecule has 17 heavy (non-hydrogen) atoms. The van der Waals surface area contributed by atoms with Gasteiger partial charge < -0.3 is 10.6 Å². The van der Waals surface area contributed by atoms with Crippen LogP contribution in [-0.2, 0) is 0 Å². The van der Waals surface area contributed by atoms with Gasteiger partial charge in [0.1, 0.15) is 0 Å². The van der Waals surface area contributed by atoms with E-state index in [1.54, 1.807) is 0 Å². The Hall–Kier alpha value is -0.0800. The van der Waals surface area contributed by atoms with Crippen molar-refractivity contribution >= 4 is 0 Å². The third-order valence-electron chi connectivity index (χ3n) is 5.60. The molecule has 0 radical (unpaired) electrons. The van der Waals surface area contributed by atoms with Crippen molar-refractivity contribution in [1.29, 1.82) is 0 Å². The molecule has 98 valence electrons. The van der Waals surface area contributed by atoms with E-state index in [1.807, 2.05) is 0 Å². The zero-order valence-corrected chi connectivity index (χ0v) is 11.3. The highest BCUT2D eigenvalue weighted by molar-refractivity contribution is 4.91. The van der Waals surface area contributed by atoms with Crippen molar-refractivity contribution in [2.45, 2.75) is 51.5 Å². The van der Waals surface area contributed by atoms with Crippen LogP contribution in [0.3, 0.4) is 0 Å². The number of nitrogens with zero attached hydrogens (tertiary/aromatic N) is 1. The monoisotopic (exact) mass is 236 g/mol. The van der Waals surface area contributed by atoms with Crippen molar-refractivity contribution in [1.82, 2.24) is 4.90 Å². The lowest BCUT2D eigenvalue weighted by atomic mass is 9.79. The lowest BCUT2D eigenvalue weighted by Gasteiger charge is -2.35. The molecule has 1 heterocycles. The van der Waals surface area contributed by atoms with E-state index < -0.39 is 0 Å². The molecule has 2 nitrogen and oxygen atoms in total. The van der Waals surface area contributed by atoms with Crippen LogP contribution in [0.25, 0.3) is 0 Å². The summed E-state index contributed by atoms with van der Waals surface area (Å²) in [5.41, 5.74) is 6.31. The van der Waals surface area contributed by atoms with Crippen molar-refractivity contribution in [3.05, 3.63) is 0 Å². The van der Waals surface area contributed by atoms with Crippen LogP contribution in [0.2, 0.25) is 0 Å². The van der Waals surface area contributed by atoms with Gasteiger partial charge in [0.05, 0.1) is 0 Å². The second-order valence-electron chi connectivity index (χ2n) is 7.01. The average Bonchev–Trinajstić information content (AvgIpc) is 2.83. The molecule has 0 spiro atoms. The van der Waals surface area contributed by atoms with Gasteiger partial charge in [0.2, 0.25) is 0 Å². The molecule has 1 aliphatic heterocycles. The quantitative estimate of drug-likeness (QED) is 0.798. The Kier molecular flexibility index (Phi) is 3.45. The van der Waals surface area contributed by atoms with Gasteiger partial charge in [-0.15, -0.1) is 0 Å².